The van der Waals surface area contributed by atoms with Crippen LogP contribution in [0, 0.1) is 17.0 Å². The third kappa shape index (κ3) is 5.15. The predicted octanol–water partition coefficient (Wildman–Crippen LogP) is 4.12. The van der Waals surface area contributed by atoms with Crippen LogP contribution in [0.25, 0.3) is 0 Å². The SMILES string of the molecule is Cc1cc([N+](=O)[O-])ccc1N=Nc1ccc(C(C)NCC[N+]23CCN(CC2)CC3)cc1. The van der Waals surface area contributed by atoms with Gasteiger partial charge in [-0.1, -0.05) is 12.1 Å². The van der Waals surface area contributed by atoms with Gasteiger partial charge in [0.2, 0.25) is 0 Å². The Morgan fingerprint density at radius 1 is 1.10 bits per heavy atom. The number of nitro benzene ring substituents is 1. The van der Waals surface area contributed by atoms with E-state index in [1.807, 2.05) is 12.1 Å². The standard InChI is InChI=1S/C23H31N6O2/c1-18-17-22(28(30)31)7-8-23(18)26-25-21-5-3-20(4-6-21)19(2)24-9-13-29-14-10-27(11-15-29)12-16-29/h3-8,17,19,24H,9-16H2,1-2H3/q+1. The van der Waals surface area contributed by atoms with E-state index in [0.717, 1.165) is 17.8 Å². The summed E-state index contributed by atoms with van der Waals surface area (Å²) in [6.45, 7) is 13.9. The summed E-state index contributed by atoms with van der Waals surface area (Å²) in [5.41, 5.74) is 3.42. The minimum Gasteiger partial charge on any atom is -0.319 e. The zero-order chi connectivity index (χ0) is 21.8. The summed E-state index contributed by atoms with van der Waals surface area (Å²) in [6, 6.07) is 13.0. The fourth-order valence-corrected chi connectivity index (χ4v) is 4.51. The van der Waals surface area contributed by atoms with Crippen LogP contribution in [-0.4, -0.2) is 66.7 Å². The molecule has 0 aliphatic carbocycles. The molecule has 5 rings (SSSR count). The number of azo groups is 1. The lowest BCUT2D eigenvalue weighted by molar-refractivity contribution is -0.939. The normalized spacial score (nSPS) is 23.9. The van der Waals surface area contributed by atoms with E-state index in [1.165, 1.54) is 68.0 Å². The number of non-ortho nitro benzene ring substituents is 1. The highest BCUT2D eigenvalue weighted by atomic mass is 16.6. The number of quaternary nitrogens is 1. The molecule has 0 saturated carbocycles. The number of aryl methyl sites for hydroxylation is 1. The molecular formula is C23H31N6O2+. The van der Waals surface area contributed by atoms with E-state index < -0.39 is 4.92 Å². The molecule has 3 fully saturated rings. The fourth-order valence-electron chi connectivity index (χ4n) is 4.51. The first kappa shape index (κ1) is 21.5. The van der Waals surface area contributed by atoms with Gasteiger partial charge in [0.25, 0.3) is 5.69 Å². The van der Waals surface area contributed by atoms with Crippen molar-refractivity contribution >= 4 is 17.1 Å². The Kier molecular flexibility index (Phi) is 6.41. The maximum atomic E-state index is 10.9. The molecule has 1 atom stereocenters. The van der Waals surface area contributed by atoms with Crippen molar-refractivity contribution in [3.8, 4) is 0 Å². The van der Waals surface area contributed by atoms with Crippen molar-refractivity contribution in [2.75, 3.05) is 52.4 Å². The van der Waals surface area contributed by atoms with Crippen molar-refractivity contribution in [3.05, 3.63) is 63.7 Å². The van der Waals surface area contributed by atoms with Crippen LogP contribution in [0.3, 0.4) is 0 Å². The molecule has 0 amide bonds. The van der Waals surface area contributed by atoms with Crippen LogP contribution in [0.1, 0.15) is 24.1 Å². The summed E-state index contributed by atoms with van der Waals surface area (Å²) in [7, 11) is 0. The van der Waals surface area contributed by atoms with E-state index in [0.29, 0.717) is 5.69 Å². The lowest BCUT2D eigenvalue weighted by Crippen LogP contribution is -2.68. The number of nitro groups is 1. The summed E-state index contributed by atoms with van der Waals surface area (Å²) in [5.74, 6) is 0. The van der Waals surface area contributed by atoms with Crippen LogP contribution < -0.4 is 5.32 Å². The van der Waals surface area contributed by atoms with E-state index in [4.69, 9.17) is 0 Å². The maximum Gasteiger partial charge on any atom is 0.269 e. The lowest BCUT2D eigenvalue weighted by Gasteiger charge is -2.50. The van der Waals surface area contributed by atoms with E-state index in [1.54, 1.807) is 13.0 Å². The second-order valence-corrected chi connectivity index (χ2v) is 8.77. The van der Waals surface area contributed by atoms with Crippen molar-refractivity contribution in [1.29, 1.82) is 0 Å². The van der Waals surface area contributed by atoms with E-state index in [2.05, 4.69) is 39.5 Å². The number of benzene rings is 2. The molecule has 3 heterocycles. The van der Waals surface area contributed by atoms with Crippen molar-refractivity contribution < 1.29 is 9.41 Å². The van der Waals surface area contributed by atoms with Gasteiger partial charge in [0.05, 0.1) is 42.5 Å². The Bertz CT molecular complexity index is 937. The van der Waals surface area contributed by atoms with Crippen LogP contribution in [-0.2, 0) is 0 Å². The minimum absolute atomic E-state index is 0.0645. The second kappa shape index (κ2) is 9.21. The third-order valence-electron chi connectivity index (χ3n) is 6.77. The summed E-state index contributed by atoms with van der Waals surface area (Å²) in [5, 5.41) is 23.1. The van der Waals surface area contributed by atoms with E-state index >= 15 is 0 Å². The first-order valence-corrected chi connectivity index (χ1v) is 11.0. The lowest BCUT2D eigenvalue weighted by atomic mass is 10.1. The first-order chi connectivity index (χ1) is 14.9. The molecule has 2 bridgehead atoms. The molecule has 3 aliphatic heterocycles. The van der Waals surface area contributed by atoms with Crippen molar-refractivity contribution in [1.82, 2.24) is 10.2 Å². The number of nitrogens with zero attached hydrogens (tertiary/aromatic N) is 5. The molecule has 8 nitrogen and oxygen atoms in total. The van der Waals surface area contributed by atoms with Crippen LogP contribution in [0.2, 0.25) is 0 Å². The average molecular weight is 424 g/mol. The van der Waals surface area contributed by atoms with Gasteiger partial charge < -0.3 is 9.80 Å². The summed E-state index contributed by atoms with van der Waals surface area (Å²) >= 11 is 0. The zero-order valence-electron chi connectivity index (χ0n) is 18.3. The Balaban J connectivity index is 1.30. The topological polar surface area (TPSA) is 83.1 Å². The average Bonchev–Trinajstić information content (AvgIpc) is 2.79. The Morgan fingerprint density at radius 3 is 2.39 bits per heavy atom. The first-order valence-electron chi connectivity index (χ1n) is 11.0. The highest BCUT2D eigenvalue weighted by Gasteiger charge is 2.37. The van der Waals surface area contributed by atoms with Crippen molar-refractivity contribution in [2.24, 2.45) is 10.2 Å². The highest BCUT2D eigenvalue weighted by Crippen LogP contribution is 2.26. The Morgan fingerprint density at radius 2 is 1.77 bits per heavy atom. The Labute approximate surface area is 183 Å². The van der Waals surface area contributed by atoms with Gasteiger partial charge in [0, 0.05) is 44.4 Å². The van der Waals surface area contributed by atoms with Gasteiger partial charge in [-0.05, 0) is 43.2 Å². The quantitative estimate of drug-likeness (QED) is 0.300. The van der Waals surface area contributed by atoms with Crippen LogP contribution in [0.4, 0.5) is 17.1 Å². The number of nitrogens with one attached hydrogen (secondary N) is 1. The second-order valence-electron chi connectivity index (χ2n) is 8.77. The zero-order valence-corrected chi connectivity index (χ0v) is 18.3. The van der Waals surface area contributed by atoms with E-state index in [-0.39, 0.29) is 11.7 Å². The van der Waals surface area contributed by atoms with Gasteiger partial charge in [0.1, 0.15) is 0 Å². The Hall–Kier alpha value is -2.68. The van der Waals surface area contributed by atoms with Crippen molar-refractivity contribution in [3.63, 3.8) is 0 Å². The number of fused-ring (bicyclic) bond motifs is 3. The largest absolute Gasteiger partial charge is 0.319 e. The molecule has 0 spiro atoms. The summed E-state index contributed by atoms with van der Waals surface area (Å²) in [4.78, 5) is 13.0. The number of hydrogen-bond acceptors (Lipinski definition) is 6. The molecule has 1 N–H and O–H groups in total. The van der Waals surface area contributed by atoms with Crippen LogP contribution in [0.5, 0.6) is 0 Å². The van der Waals surface area contributed by atoms with Gasteiger partial charge in [-0.3, -0.25) is 15.0 Å². The molecule has 0 radical (unpaired) electrons. The molecule has 3 aliphatic rings. The maximum absolute atomic E-state index is 10.9. The monoisotopic (exact) mass is 423 g/mol. The predicted molar refractivity (Wildman–Crippen MR) is 121 cm³/mol. The third-order valence-corrected chi connectivity index (χ3v) is 6.77. The molecule has 3 saturated heterocycles. The smallest absolute Gasteiger partial charge is 0.269 e. The molecule has 1 unspecified atom stereocenters. The molecule has 0 aromatic heterocycles. The minimum atomic E-state index is -0.405. The summed E-state index contributed by atoms with van der Waals surface area (Å²) in [6.07, 6.45) is 0. The number of piperazine rings is 3. The molecular weight excluding hydrogens is 392 g/mol. The van der Waals surface area contributed by atoms with E-state index in [9.17, 15) is 10.1 Å². The number of hydrogen-bond donors (Lipinski definition) is 1. The molecule has 2 aromatic carbocycles. The van der Waals surface area contributed by atoms with Crippen LogP contribution >= 0.6 is 0 Å². The highest BCUT2D eigenvalue weighted by molar-refractivity contribution is 5.51. The van der Waals surface area contributed by atoms with Gasteiger partial charge in [0.15, 0.2) is 0 Å². The molecule has 8 heteroatoms. The van der Waals surface area contributed by atoms with Gasteiger partial charge in [-0.15, -0.1) is 0 Å². The molecule has 31 heavy (non-hydrogen) atoms. The number of rotatable bonds is 8. The van der Waals surface area contributed by atoms with Crippen molar-refractivity contribution in [2.45, 2.75) is 19.9 Å². The molecule has 2 aromatic rings. The fraction of sp³-hybridized carbons (Fsp3) is 0.478. The van der Waals surface area contributed by atoms with Gasteiger partial charge in [-0.25, -0.2) is 0 Å². The summed E-state index contributed by atoms with van der Waals surface area (Å²) < 4.78 is 1.28. The molecule has 164 valence electrons. The van der Waals surface area contributed by atoms with Gasteiger partial charge >= 0.3 is 0 Å². The van der Waals surface area contributed by atoms with Crippen LogP contribution in [0.15, 0.2) is 52.7 Å². The van der Waals surface area contributed by atoms with Gasteiger partial charge in [-0.2, -0.15) is 10.2 Å².